The lowest BCUT2D eigenvalue weighted by Crippen LogP contribution is -2.23. The van der Waals surface area contributed by atoms with E-state index in [-0.39, 0.29) is 5.91 Å². The average molecular weight is 284 g/mol. The Morgan fingerprint density at radius 3 is 2.74 bits per heavy atom. The summed E-state index contributed by atoms with van der Waals surface area (Å²) in [4.78, 5) is 13.4. The molecule has 0 aliphatic heterocycles. The highest BCUT2D eigenvalue weighted by atomic mass is 35.5. The van der Waals surface area contributed by atoms with Gasteiger partial charge in [-0.15, -0.1) is 0 Å². The maximum absolute atomic E-state index is 11.7. The zero-order valence-electron chi connectivity index (χ0n) is 12.1. The second-order valence-electron chi connectivity index (χ2n) is 4.55. The first-order chi connectivity index (χ1) is 9.01. The van der Waals surface area contributed by atoms with Gasteiger partial charge in [0, 0.05) is 31.8 Å². The molecule has 1 aromatic heterocycles. The summed E-state index contributed by atoms with van der Waals surface area (Å²) < 4.78 is 1.80. The number of unbranched alkanes of at least 4 members (excludes halogenated alkanes) is 1. The number of aromatic nitrogens is 2. The number of carbonyl (C=O) groups excluding carboxylic acids is 1. The molecule has 19 heavy (non-hydrogen) atoms. The minimum Gasteiger partial charge on any atom is -0.343 e. The molecule has 4 nitrogen and oxygen atoms in total. The highest BCUT2D eigenvalue weighted by molar-refractivity contribution is 6.31. The van der Waals surface area contributed by atoms with E-state index in [2.05, 4.69) is 12.0 Å². The van der Waals surface area contributed by atoms with E-state index < -0.39 is 0 Å². The number of carbonyl (C=O) groups is 1. The van der Waals surface area contributed by atoms with E-state index >= 15 is 0 Å². The van der Waals surface area contributed by atoms with Crippen molar-refractivity contribution in [2.45, 2.75) is 40.2 Å². The topological polar surface area (TPSA) is 38.1 Å². The van der Waals surface area contributed by atoms with Gasteiger partial charge in [0.1, 0.15) is 5.15 Å². The van der Waals surface area contributed by atoms with Crippen LogP contribution >= 0.6 is 11.6 Å². The summed E-state index contributed by atoms with van der Waals surface area (Å²) in [5.41, 5.74) is 1.68. The fraction of sp³-hybridized carbons (Fsp3) is 0.571. The molecule has 0 aliphatic rings. The van der Waals surface area contributed by atoms with Gasteiger partial charge < -0.3 is 4.90 Å². The predicted octanol–water partition coefficient (Wildman–Crippen LogP) is 3.14. The van der Waals surface area contributed by atoms with Crippen LogP contribution in [0.5, 0.6) is 0 Å². The smallest absolute Gasteiger partial charge is 0.246 e. The van der Waals surface area contributed by atoms with Crippen LogP contribution in [-0.4, -0.2) is 34.2 Å². The van der Waals surface area contributed by atoms with Gasteiger partial charge in [-0.1, -0.05) is 24.9 Å². The van der Waals surface area contributed by atoms with Crippen molar-refractivity contribution in [1.82, 2.24) is 14.7 Å². The molecule has 0 aliphatic carbocycles. The van der Waals surface area contributed by atoms with Gasteiger partial charge in [0.15, 0.2) is 0 Å². The zero-order valence-corrected chi connectivity index (χ0v) is 12.9. The minimum absolute atomic E-state index is 0.0284. The molecule has 0 unspecified atom stereocenters. The van der Waals surface area contributed by atoms with Crippen molar-refractivity contribution in [1.29, 1.82) is 0 Å². The van der Waals surface area contributed by atoms with Gasteiger partial charge >= 0.3 is 0 Å². The molecular formula is C14H22ClN3O. The number of halogens is 1. The van der Waals surface area contributed by atoms with E-state index in [0.29, 0.717) is 11.7 Å². The van der Waals surface area contributed by atoms with Gasteiger partial charge in [-0.2, -0.15) is 5.10 Å². The highest BCUT2D eigenvalue weighted by Gasteiger charge is 2.11. The Balaban J connectivity index is 2.86. The zero-order chi connectivity index (χ0) is 14.4. The van der Waals surface area contributed by atoms with E-state index in [1.165, 1.54) is 0 Å². The number of likely N-dealkylation sites (N-methyl/N-ethyl adjacent to an activating group) is 1. The van der Waals surface area contributed by atoms with E-state index in [4.69, 9.17) is 11.6 Å². The number of rotatable bonds is 6. The summed E-state index contributed by atoms with van der Waals surface area (Å²) in [5, 5.41) is 5.00. The molecule has 1 rings (SSSR count). The molecule has 0 saturated carbocycles. The minimum atomic E-state index is -0.0284. The molecule has 1 aromatic rings. The van der Waals surface area contributed by atoms with E-state index in [1.54, 1.807) is 28.8 Å². The summed E-state index contributed by atoms with van der Waals surface area (Å²) in [6.07, 6.45) is 5.44. The molecule has 0 bridgehead atoms. The van der Waals surface area contributed by atoms with Crippen LogP contribution in [0.4, 0.5) is 0 Å². The first kappa shape index (κ1) is 15.8. The van der Waals surface area contributed by atoms with Crippen LogP contribution in [0.25, 0.3) is 6.08 Å². The summed E-state index contributed by atoms with van der Waals surface area (Å²) in [5.74, 6) is -0.0284. The monoisotopic (exact) mass is 283 g/mol. The SMILES string of the molecule is CCCCn1nc(C)c(/C=C/C(=O)N(C)CC)c1Cl. The lowest BCUT2D eigenvalue weighted by atomic mass is 10.2. The Kier molecular flexibility index (Phi) is 6.09. The maximum Gasteiger partial charge on any atom is 0.246 e. The number of amides is 1. The Bertz CT molecular complexity index is 466. The third-order valence-corrected chi connectivity index (χ3v) is 3.47. The lowest BCUT2D eigenvalue weighted by Gasteiger charge is -2.10. The van der Waals surface area contributed by atoms with Crippen LogP contribution in [0.15, 0.2) is 6.08 Å². The second-order valence-corrected chi connectivity index (χ2v) is 4.91. The number of aryl methyl sites for hydroxylation is 2. The standard InChI is InChI=1S/C14H22ClN3O/c1-5-7-10-18-14(15)12(11(3)16-18)8-9-13(19)17(4)6-2/h8-9H,5-7,10H2,1-4H3/b9-8+. The summed E-state index contributed by atoms with van der Waals surface area (Å²) in [6.45, 7) is 7.47. The third-order valence-electron chi connectivity index (χ3n) is 3.08. The number of hydrogen-bond acceptors (Lipinski definition) is 2. The van der Waals surface area contributed by atoms with Crippen molar-refractivity contribution in [3.05, 3.63) is 22.5 Å². The summed E-state index contributed by atoms with van der Waals surface area (Å²) in [6, 6.07) is 0. The predicted molar refractivity (Wildman–Crippen MR) is 79.2 cm³/mol. The molecule has 0 N–H and O–H groups in total. The molecule has 1 amide bonds. The van der Waals surface area contributed by atoms with E-state index in [9.17, 15) is 4.79 Å². The van der Waals surface area contributed by atoms with Gasteiger partial charge in [-0.25, -0.2) is 0 Å². The largest absolute Gasteiger partial charge is 0.343 e. The van der Waals surface area contributed by atoms with Crippen molar-refractivity contribution >= 4 is 23.6 Å². The van der Waals surface area contributed by atoms with Crippen molar-refractivity contribution in [2.24, 2.45) is 0 Å². The molecule has 0 spiro atoms. The summed E-state index contributed by atoms with van der Waals surface area (Å²) in [7, 11) is 1.77. The molecule has 106 valence electrons. The molecule has 0 aromatic carbocycles. The Morgan fingerprint density at radius 1 is 1.47 bits per heavy atom. The van der Waals surface area contributed by atoms with Crippen molar-refractivity contribution in [3.63, 3.8) is 0 Å². The second kappa shape index (κ2) is 7.34. The quantitative estimate of drug-likeness (QED) is 0.752. The molecular weight excluding hydrogens is 262 g/mol. The van der Waals surface area contributed by atoms with Gasteiger partial charge in [-0.3, -0.25) is 9.48 Å². The molecule has 0 fully saturated rings. The Hall–Kier alpha value is -1.29. The van der Waals surface area contributed by atoms with Crippen molar-refractivity contribution in [3.8, 4) is 0 Å². The van der Waals surface area contributed by atoms with Gasteiger partial charge in [0.25, 0.3) is 0 Å². The maximum atomic E-state index is 11.7. The van der Waals surface area contributed by atoms with Crippen LogP contribution in [-0.2, 0) is 11.3 Å². The average Bonchev–Trinajstić information content (AvgIpc) is 2.67. The van der Waals surface area contributed by atoms with Gasteiger partial charge in [0.2, 0.25) is 5.91 Å². The van der Waals surface area contributed by atoms with Crippen LogP contribution in [0.1, 0.15) is 37.9 Å². The Labute approximate surface area is 120 Å². The highest BCUT2D eigenvalue weighted by Crippen LogP contribution is 2.21. The first-order valence-electron chi connectivity index (χ1n) is 6.67. The third kappa shape index (κ3) is 4.10. The normalized spacial score (nSPS) is 11.2. The van der Waals surface area contributed by atoms with Gasteiger partial charge in [-0.05, 0) is 26.3 Å². The molecule has 0 saturated heterocycles. The number of hydrogen-bond donors (Lipinski definition) is 0. The molecule has 1 heterocycles. The number of nitrogens with zero attached hydrogens (tertiary/aromatic N) is 3. The fourth-order valence-corrected chi connectivity index (χ4v) is 1.97. The van der Waals surface area contributed by atoms with E-state index in [0.717, 1.165) is 30.6 Å². The Morgan fingerprint density at radius 2 is 2.16 bits per heavy atom. The summed E-state index contributed by atoms with van der Waals surface area (Å²) >= 11 is 6.29. The van der Waals surface area contributed by atoms with Crippen LogP contribution in [0.2, 0.25) is 5.15 Å². The van der Waals surface area contributed by atoms with Crippen LogP contribution in [0.3, 0.4) is 0 Å². The van der Waals surface area contributed by atoms with Crippen molar-refractivity contribution in [2.75, 3.05) is 13.6 Å². The molecule has 0 radical (unpaired) electrons. The first-order valence-corrected chi connectivity index (χ1v) is 7.05. The van der Waals surface area contributed by atoms with Crippen molar-refractivity contribution < 1.29 is 4.79 Å². The molecule has 0 atom stereocenters. The van der Waals surface area contributed by atoms with Crippen LogP contribution in [0, 0.1) is 6.92 Å². The lowest BCUT2D eigenvalue weighted by molar-refractivity contribution is -0.124. The fourth-order valence-electron chi connectivity index (χ4n) is 1.65. The van der Waals surface area contributed by atoms with Gasteiger partial charge in [0.05, 0.1) is 5.69 Å². The van der Waals surface area contributed by atoms with E-state index in [1.807, 2.05) is 13.8 Å². The molecule has 5 heteroatoms. The van der Waals surface area contributed by atoms with Crippen LogP contribution < -0.4 is 0 Å².